The average molecular weight is 235 g/mol. The predicted molar refractivity (Wildman–Crippen MR) is 71.1 cm³/mol. The second-order valence-corrected chi connectivity index (χ2v) is 5.27. The van der Waals surface area contributed by atoms with Gasteiger partial charge in [-0.1, -0.05) is 19.8 Å². The third-order valence-electron chi connectivity index (χ3n) is 3.86. The lowest BCUT2D eigenvalue weighted by Gasteiger charge is -2.30. The zero-order valence-corrected chi connectivity index (χ0v) is 11.2. The van der Waals surface area contributed by atoms with Gasteiger partial charge in [0.05, 0.1) is 5.69 Å². The molecule has 2 atom stereocenters. The fourth-order valence-corrected chi connectivity index (χ4v) is 2.94. The molecule has 0 saturated heterocycles. The van der Waals surface area contributed by atoms with Crippen LogP contribution in [0.5, 0.6) is 0 Å². The normalized spacial score (nSPS) is 25.1. The van der Waals surface area contributed by atoms with Gasteiger partial charge in [-0.25, -0.2) is 0 Å². The van der Waals surface area contributed by atoms with Crippen molar-refractivity contribution in [1.82, 2.24) is 15.1 Å². The van der Waals surface area contributed by atoms with Crippen molar-refractivity contribution in [2.75, 3.05) is 13.1 Å². The highest BCUT2D eigenvalue weighted by molar-refractivity contribution is 5.09. The van der Waals surface area contributed by atoms with E-state index < -0.39 is 0 Å². The molecule has 0 bridgehead atoms. The summed E-state index contributed by atoms with van der Waals surface area (Å²) in [5.74, 6) is 1.46. The Morgan fingerprint density at radius 1 is 1.41 bits per heavy atom. The number of aryl methyl sites for hydroxylation is 1. The number of nitrogens with one attached hydrogen (secondary N) is 1. The molecule has 1 fully saturated rings. The van der Waals surface area contributed by atoms with Gasteiger partial charge >= 0.3 is 0 Å². The van der Waals surface area contributed by atoms with Gasteiger partial charge in [0.2, 0.25) is 0 Å². The van der Waals surface area contributed by atoms with E-state index in [-0.39, 0.29) is 0 Å². The van der Waals surface area contributed by atoms with Gasteiger partial charge in [-0.2, -0.15) is 5.10 Å². The van der Waals surface area contributed by atoms with Crippen molar-refractivity contribution >= 4 is 0 Å². The lowest BCUT2D eigenvalue weighted by molar-refractivity contribution is 0.290. The molecule has 0 spiro atoms. The van der Waals surface area contributed by atoms with Crippen LogP contribution >= 0.6 is 0 Å². The molecule has 2 unspecified atom stereocenters. The van der Waals surface area contributed by atoms with Gasteiger partial charge < -0.3 is 5.32 Å². The quantitative estimate of drug-likeness (QED) is 0.795. The summed E-state index contributed by atoms with van der Waals surface area (Å²) >= 11 is 0. The van der Waals surface area contributed by atoms with E-state index >= 15 is 0 Å². The Morgan fingerprint density at radius 3 is 2.94 bits per heavy atom. The van der Waals surface area contributed by atoms with Crippen LogP contribution in [-0.4, -0.2) is 22.9 Å². The molecule has 0 aliphatic heterocycles. The highest BCUT2D eigenvalue weighted by Gasteiger charge is 2.27. The maximum Gasteiger partial charge on any atom is 0.0658 e. The largest absolute Gasteiger partial charge is 0.316 e. The zero-order chi connectivity index (χ0) is 12.1. The third-order valence-corrected chi connectivity index (χ3v) is 3.86. The predicted octanol–water partition coefficient (Wildman–Crippen LogP) is 2.69. The van der Waals surface area contributed by atoms with Crippen molar-refractivity contribution in [3.63, 3.8) is 0 Å². The van der Waals surface area contributed by atoms with E-state index in [1.165, 1.54) is 37.8 Å². The topological polar surface area (TPSA) is 29.9 Å². The molecule has 1 N–H and O–H groups in total. The van der Waals surface area contributed by atoms with E-state index in [9.17, 15) is 0 Å². The first-order valence-electron chi connectivity index (χ1n) is 7.01. The molecule has 3 heteroatoms. The van der Waals surface area contributed by atoms with Crippen molar-refractivity contribution in [2.24, 2.45) is 13.0 Å². The van der Waals surface area contributed by atoms with Crippen LogP contribution in [0.25, 0.3) is 0 Å². The summed E-state index contributed by atoms with van der Waals surface area (Å²) in [5.41, 5.74) is 1.30. The molecule has 0 radical (unpaired) electrons. The maximum absolute atomic E-state index is 4.60. The first-order chi connectivity index (χ1) is 8.31. The number of hydrogen-bond acceptors (Lipinski definition) is 2. The van der Waals surface area contributed by atoms with Gasteiger partial charge in [0.25, 0.3) is 0 Å². The van der Waals surface area contributed by atoms with E-state index in [0.717, 1.165) is 19.0 Å². The molecule has 2 rings (SSSR count). The summed E-state index contributed by atoms with van der Waals surface area (Å²) in [6.45, 7) is 4.53. The Bertz CT molecular complexity index is 332. The van der Waals surface area contributed by atoms with E-state index in [1.54, 1.807) is 0 Å². The lowest BCUT2D eigenvalue weighted by atomic mass is 9.77. The minimum absolute atomic E-state index is 0.675. The van der Waals surface area contributed by atoms with Crippen molar-refractivity contribution < 1.29 is 0 Å². The summed E-state index contributed by atoms with van der Waals surface area (Å²) in [4.78, 5) is 0. The molecule has 1 saturated carbocycles. The molecule has 1 heterocycles. The molecule has 1 aromatic rings. The van der Waals surface area contributed by atoms with Crippen molar-refractivity contribution in [2.45, 2.75) is 44.9 Å². The van der Waals surface area contributed by atoms with E-state index in [0.29, 0.717) is 5.92 Å². The molecule has 17 heavy (non-hydrogen) atoms. The van der Waals surface area contributed by atoms with Crippen LogP contribution in [0.3, 0.4) is 0 Å². The summed E-state index contributed by atoms with van der Waals surface area (Å²) in [7, 11) is 2.01. The Kier molecular flexibility index (Phi) is 4.60. The third kappa shape index (κ3) is 3.32. The van der Waals surface area contributed by atoms with Crippen LogP contribution in [-0.2, 0) is 7.05 Å². The van der Waals surface area contributed by atoms with Crippen LogP contribution in [0.2, 0.25) is 0 Å². The van der Waals surface area contributed by atoms with Crippen LogP contribution in [0.4, 0.5) is 0 Å². The molecular formula is C14H25N3. The van der Waals surface area contributed by atoms with Gasteiger partial charge in [-0.15, -0.1) is 0 Å². The summed E-state index contributed by atoms with van der Waals surface area (Å²) in [6.07, 6.45) is 8.72. The molecule has 0 aromatic carbocycles. The number of nitrogens with zero attached hydrogens (tertiary/aromatic N) is 2. The first-order valence-corrected chi connectivity index (χ1v) is 7.01. The van der Waals surface area contributed by atoms with Crippen molar-refractivity contribution in [3.8, 4) is 0 Å². The highest BCUT2D eigenvalue weighted by Crippen LogP contribution is 2.36. The van der Waals surface area contributed by atoms with Gasteiger partial charge in [0.15, 0.2) is 0 Å². The minimum Gasteiger partial charge on any atom is -0.316 e. The van der Waals surface area contributed by atoms with E-state index in [2.05, 4.69) is 29.6 Å². The number of hydrogen-bond donors (Lipinski definition) is 1. The number of rotatable bonds is 5. The molecule has 1 aliphatic carbocycles. The summed E-state index contributed by atoms with van der Waals surface area (Å²) < 4.78 is 1.93. The molecule has 3 nitrogen and oxygen atoms in total. The lowest BCUT2D eigenvalue weighted by Crippen LogP contribution is -2.30. The van der Waals surface area contributed by atoms with Gasteiger partial charge in [-0.3, -0.25) is 4.68 Å². The SMILES string of the molecule is CCCNCC1CCCCC1c1ccn(C)n1. The highest BCUT2D eigenvalue weighted by atomic mass is 15.2. The Balaban J connectivity index is 1.96. The van der Waals surface area contributed by atoms with Gasteiger partial charge in [0, 0.05) is 19.2 Å². The number of aromatic nitrogens is 2. The molecule has 96 valence electrons. The summed E-state index contributed by atoms with van der Waals surface area (Å²) in [6, 6.07) is 2.20. The monoisotopic (exact) mass is 235 g/mol. The second-order valence-electron chi connectivity index (χ2n) is 5.27. The summed E-state index contributed by atoms with van der Waals surface area (Å²) in [5, 5.41) is 8.18. The molecule has 1 aliphatic rings. The average Bonchev–Trinajstić information content (AvgIpc) is 2.77. The second kappa shape index (κ2) is 6.20. The Hall–Kier alpha value is -0.830. The molecular weight excluding hydrogens is 210 g/mol. The smallest absolute Gasteiger partial charge is 0.0658 e. The van der Waals surface area contributed by atoms with Gasteiger partial charge in [0.1, 0.15) is 0 Å². The minimum atomic E-state index is 0.675. The zero-order valence-electron chi connectivity index (χ0n) is 11.2. The van der Waals surface area contributed by atoms with E-state index in [1.807, 2.05) is 11.7 Å². The van der Waals surface area contributed by atoms with E-state index in [4.69, 9.17) is 0 Å². The molecule has 0 amide bonds. The fraction of sp³-hybridized carbons (Fsp3) is 0.786. The van der Waals surface area contributed by atoms with Crippen LogP contribution < -0.4 is 5.32 Å². The van der Waals surface area contributed by atoms with Crippen molar-refractivity contribution in [3.05, 3.63) is 18.0 Å². The maximum atomic E-state index is 4.60. The van der Waals surface area contributed by atoms with Crippen molar-refractivity contribution in [1.29, 1.82) is 0 Å². The fourth-order valence-electron chi connectivity index (χ4n) is 2.94. The Labute approximate surface area is 105 Å². The van der Waals surface area contributed by atoms with Crippen LogP contribution in [0.1, 0.15) is 50.6 Å². The van der Waals surface area contributed by atoms with Gasteiger partial charge in [-0.05, 0) is 44.3 Å². The Morgan fingerprint density at radius 2 is 2.24 bits per heavy atom. The van der Waals surface area contributed by atoms with Crippen LogP contribution in [0, 0.1) is 5.92 Å². The first kappa shape index (κ1) is 12.6. The standard InChI is InChI=1S/C14H25N3/c1-3-9-15-11-12-6-4-5-7-13(12)14-8-10-17(2)16-14/h8,10,12-13,15H,3-7,9,11H2,1-2H3. The van der Waals surface area contributed by atoms with Crippen LogP contribution in [0.15, 0.2) is 12.3 Å². The molecule has 1 aromatic heterocycles.